The summed E-state index contributed by atoms with van der Waals surface area (Å²) >= 11 is 0. The maximum absolute atomic E-state index is 11.4. The van der Waals surface area contributed by atoms with E-state index < -0.39 is 0 Å². The molecule has 0 radical (unpaired) electrons. The monoisotopic (exact) mass is 370 g/mol. The van der Waals surface area contributed by atoms with E-state index in [0.717, 1.165) is 37.0 Å². The van der Waals surface area contributed by atoms with Gasteiger partial charge in [-0.05, 0) is 74.2 Å². The molecule has 0 bridgehead atoms. The van der Waals surface area contributed by atoms with Crippen molar-refractivity contribution in [1.82, 2.24) is 0 Å². The molecular formula is C24H34O3. The minimum Gasteiger partial charge on any atom is -0.462 e. The Kier molecular flexibility index (Phi) is 3.66. The number of esters is 1. The topological polar surface area (TPSA) is 38.8 Å². The van der Waals surface area contributed by atoms with Gasteiger partial charge in [0.2, 0.25) is 0 Å². The number of epoxide rings is 1. The van der Waals surface area contributed by atoms with Crippen LogP contribution in [0.1, 0.15) is 72.6 Å². The molecule has 4 fully saturated rings. The zero-order chi connectivity index (χ0) is 19.2. The van der Waals surface area contributed by atoms with Gasteiger partial charge in [-0.15, -0.1) is 0 Å². The fourth-order valence-electron chi connectivity index (χ4n) is 8.18. The van der Waals surface area contributed by atoms with Crippen LogP contribution in [-0.4, -0.2) is 23.8 Å². The molecule has 5 rings (SSSR count). The molecule has 0 aromatic rings. The first kappa shape index (κ1) is 18.0. The molecule has 148 valence electrons. The fourth-order valence-corrected chi connectivity index (χ4v) is 8.18. The molecular weight excluding hydrogens is 336 g/mol. The van der Waals surface area contributed by atoms with Crippen molar-refractivity contribution < 1.29 is 14.3 Å². The molecule has 0 spiro atoms. The van der Waals surface area contributed by atoms with Crippen molar-refractivity contribution in [1.29, 1.82) is 0 Å². The van der Waals surface area contributed by atoms with E-state index >= 15 is 0 Å². The van der Waals surface area contributed by atoms with Gasteiger partial charge in [-0.25, -0.2) is 0 Å². The first-order chi connectivity index (χ1) is 12.7. The number of ether oxygens (including phenoxy) is 2. The third kappa shape index (κ3) is 2.15. The molecule has 8 atom stereocenters. The van der Waals surface area contributed by atoms with E-state index in [1.54, 1.807) is 5.57 Å². The Bertz CT molecular complexity index is 738. The summed E-state index contributed by atoms with van der Waals surface area (Å²) in [6.45, 7) is 13.0. The molecule has 4 aliphatic carbocycles. The van der Waals surface area contributed by atoms with Gasteiger partial charge in [0.15, 0.2) is 0 Å². The van der Waals surface area contributed by atoms with Crippen LogP contribution in [0.3, 0.4) is 0 Å². The highest BCUT2D eigenvalue weighted by atomic mass is 16.6. The molecule has 0 aromatic carbocycles. The quantitative estimate of drug-likeness (QED) is 0.381. The molecule has 27 heavy (non-hydrogen) atoms. The number of carbonyl (C=O) groups excluding carboxylic acids is 1. The van der Waals surface area contributed by atoms with Crippen molar-refractivity contribution in [3.8, 4) is 0 Å². The molecule has 1 aliphatic heterocycles. The Balaban J connectivity index is 1.43. The van der Waals surface area contributed by atoms with Crippen molar-refractivity contribution >= 4 is 5.97 Å². The van der Waals surface area contributed by atoms with E-state index in [0.29, 0.717) is 11.5 Å². The number of fused-ring (bicyclic) bond motifs is 7. The Morgan fingerprint density at radius 1 is 1.22 bits per heavy atom. The third-order valence-corrected chi connectivity index (χ3v) is 9.46. The summed E-state index contributed by atoms with van der Waals surface area (Å²) in [6.07, 6.45) is 11.1. The summed E-state index contributed by atoms with van der Waals surface area (Å²) in [5, 5.41) is 0. The van der Waals surface area contributed by atoms with Gasteiger partial charge in [-0.1, -0.05) is 32.1 Å². The van der Waals surface area contributed by atoms with Gasteiger partial charge in [0.05, 0.1) is 6.10 Å². The van der Waals surface area contributed by atoms with Crippen LogP contribution in [-0.2, 0) is 14.3 Å². The number of rotatable bonds is 2. The van der Waals surface area contributed by atoms with Crippen molar-refractivity contribution in [2.24, 2.45) is 28.6 Å². The highest BCUT2D eigenvalue weighted by Crippen LogP contribution is 2.74. The molecule has 3 saturated carbocycles. The molecule has 3 nitrogen and oxygen atoms in total. The van der Waals surface area contributed by atoms with E-state index in [2.05, 4.69) is 33.4 Å². The normalized spacial score (nSPS) is 52.6. The van der Waals surface area contributed by atoms with Crippen molar-refractivity contribution in [2.75, 3.05) is 0 Å². The van der Waals surface area contributed by atoms with Crippen LogP contribution in [0, 0.1) is 28.6 Å². The second kappa shape index (κ2) is 5.49. The smallest absolute Gasteiger partial charge is 0.302 e. The third-order valence-electron chi connectivity index (χ3n) is 9.46. The maximum atomic E-state index is 11.4. The van der Waals surface area contributed by atoms with Crippen LogP contribution in [0.2, 0.25) is 0 Å². The Hall–Kier alpha value is -1.09. The second-order valence-electron chi connectivity index (χ2n) is 10.5. The van der Waals surface area contributed by atoms with Gasteiger partial charge >= 0.3 is 5.97 Å². The average molecular weight is 371 g/mol. The second-order valence-corrected chi connectivity index (χ2v) is 10.5. The summed E-state index contributed by atoms with van der Waals surface area (Å²) in [5.41, 5.74) is 3.35. The summed E-state index contributed by atoms with van der Waals surface area (Å²) in [5.74, 6) is 2.16. The standard InChI is InChI=1S/C24H34O3/c1-14(2)24-21(27-24)13-20-18-7-6-16-12-17(26-15(3)25)8-10-22(16,4)19(18)9-11-23(20,24)5/h6,17-21H,1,7-13H2,2-5H3/t17?,18?,19?,20-,21?,22+,23+,24-/m1/s1. The van der Waals surface area contributed by atoms with E-state index in [4.69, 9.17) is 9.47 Å². The lowest BCUT2D eigenvalue weighted by Crippen LogP contribution is -2.53. The number of hydrogen-bond acceptors (Lipinski definition) is 3. The molecule has 0 amide bonds. The van der Waals surface area contributed by atoms with Gasteiger partial charge in [-0.3, -0.25) is 4.79 Å². The molecule has 0 N–H and O–H groups in total. The van der Waals surface area contributed by atoms with Crippen LogP contribution in [0.4, 0.5) is 0 Å². The highest BCUT2D eigenvalue weighted by molar-refractivity contribution is 5.66. The van der Waals surface area contributed by atoms with Gasteiger partial charge in [0, 0.05) is 18.8 Å². The van der Waals surface area contributed by atoms with Crippen LogP contribution in [0.15, 0.2) is 23.8 Å². The largest absolute Gasteiger partial charge is 0.462 e. The van der Waals surface area contributed by atoms with Crippen molar-refractivity contribution in [2.45, 2.75) is 90.4 Å². The van der Waals surface area contributed by atoms with E-state index in [1.165, 1.54) is 38.2 Å². The highest BCUT2D eigenvalue weighted by Gasteiger charge is 2.77. The fraction of sp³-hybridized carbons (Fsp3) is 0.792. The maximum Gasteiger partial charge on any atom is 0.302 e. The lowest BCUT2D eigenvalue weighted by Gasteiger charge is -2.58. The molecule has 0 aromatic heterocycles. The van der Waals surface area contributed by atoms with Crippen molar-refractivity contribution in [3.05, 3.63) is 23.8 Å². The lowest BCUT2D eigenvalue weighted by molar-refractivity contribution is -0.148. The summed E-state index contributed by atoms with van der Waals surface area (Å²) in [6, 6.07) is 0. The number of allylic oxidation sites excluding steroid dienone is 1. The Labute approximate surface area is 163 Å². The zero-order valence-electron chi connectivity index (χ0n) is 17.3. The lowest BCUT2D eigenvalue weighted by atomic mass is 9.47. The number of hydrogen-bond donors (Lipinski definition) is 0. The summed E-state index contributed by atoms with van der Waals surface area (Å²) in [4.78, 5) is 11.4. The zero-order valence-corrected chi connectivity index (χ0v) is 17.3. The Morgan fingerprint density at radius 3 is 2.70 bits per heavy atom. The first-order valence-corrected chi connectivity index (χ1v) is 10.9. The molecule has 5 aliphatic rings. The summed E-state index contributed by atoms with van der Waals surface area (Å²) in [7, 11) is 0. The first-order valence-electron chi connectivity index (χ1n) is 10.9. The van der Waals surface area contributed by atoms with E-state index in [1.807, 2.05) is 0 Å². The predicted molar refractivity (Wildman–Crippen MR) is 105 cm³/mol. The summed E-state index contributed by atoms with van der Waals surface area (Å²) < 4.78 is 11.8. The predicted octanol–water partition coefficient (Wildman–Crippen LogP) is 5.20. The molecule has 3 heteroatoms. The molecule has 1 heterocycles. The van der Waals surface area contributed by atoms with Gasteiger partial charge in [0.1, 0.15) is 11.7 Å². The van der Waals surface area contributed by atoms with Gasteiger partial charge in [-0.2, -0.15) is 0 Å². The SMILES string of the molecule is C=C(C)[C@@]12OC1C[C@@H]1C3CC=C4CC(OC(C)=O)CC[C@]4(C)C3CC[C@@]12C. The van der Waals surface area contributed by atoms with Crippen LogP contribution in [0.5, 0.6) is 0 Å². The van der Waals surface area contributed by atoms with Crippen LogP contribution >= 0.6 is 0 Å². The number of carbonyl (C=O) groups is 1. The molecule has 1 saturated heterocycles. The van der Waals surface area contributed by atoms with Crippen LogP contribution < -0.4 is 0 Å². The van der Waals surface area contributed by atoms with Crippen molar-refractivity contribution in [3.63, 3.8) is 0 Å². The Morgan fingerprint density at radius 2 is 2.00 bits per heavy atom. The average Bonchev–Trinajstić information content (AvgIpc) is 3.27. The minimum atomic E-state index is -0.137. The van der Waals surface area contributed by atoms with E-state index in [-0.39, 0.29) is 23.1 Å². The minimum absolute atomic E-state index is 0.0273. The molecule has 4 unspecified atom stereocenters. The van der Waals surface area contributed by atoms with Crippen LogP contribution in [0.25, 0.3) is 0 Å². The van der Waals surface area contributed by atoms with E-state index in [9.17, 15) is 4.79 Å². The van der Waals surface area contributed by atoms with Gasteiger partial charge in [0.25, 0.3) is 0 Å². The van der Waals surface area contributed by atoms with Gasteiger partial charge < -0.3 is 9.47 Å².